The van der Waals surface area contributed by atoms with E-state index in [9.17, 15) is 0 Å². The van der Waals surface area contributed by atoms with Gasteiger partial charge in [0.1, 0.15) is 0 Å². The molecular weight excluding hydrogens is 799 g/mol. The van der Waals surface area contributed by atoms with E-state index >= 15 is 0 Å². The standard InChI is InChI=1S/C63H51N3/c1-44-33-36-65-62(38-44)53-23-19-46(20-24-53)15-17-48-40-49(18-16-47-21-25-54(26-22-47)63-39-45(2)34-37-66-63)42-56(41-48)57-12-6-7-13-58(57)59-32-31-55(61-14-8-9-35-64-61)43-60(59)52-29-27-51(28-30-52)50-10-4-3-5-11-50/h3-14,19-43H,15-18H2,1-2H3/i1D3,2D3. The molecular formula is C63H51N3. The highest BCUT2D eigenvalue weighted by Gasteiger charge is 2.16. The minimum Gasteiger partial charge on any atom is -0.256 e. The number of hydrogen-bond acceptors (Lipinski definition) is 3. The maximum absolute atomic E-state index is 7.87. The lowest BCUT2D eigenvalue weighted by Gasteiger charge is -2.18. The van der Waals surface area contributed by atoms with E-state index < -0.39 is 13.7 Å². The van der Waals surface area contributed by atoms with E-state index in [4.69, 9.17) is 13.2 Å². The molecule has 0 radical (unpaired) electrons. The molecule has 3 aromatic heterocycles. The van der Waals surface area contributed by atoms with E-state index in [1.807, 2.05) is 48.7 Å². The van der Waals surface area contributed by atoms with Crippen molar-refractivity contribution in [3.63, 3.8) is 0 Å². The fraction of sp³-hybridized carbons (Fsp3) is 0.0952. The molecule has 0 atom stereocenters. The summed E-state index contributed by atoms with van der Waals surface area (Å²) < 4.78 is 47.2. The summed E-state index contributed by atoms with van der Waals surface area (Å²) >= 11 is 0. The van der Waals surface area contributed by atoms with Gasteiger partial charge in [-0.15, -0.1) is 0 Å². The van der Waals surface area contributed by atoms with E-state index in [1.54, 1.807) is 36.7 Å². The van der Waals surface area contributed by atoms with Crippen molar-refractivity contribution in [2.75, 3.05) is 0 Å². The molecule has 318 valence electrons. The van der Waals surface area contributed by atoms with E-state index in [2.05, 4.69) is 149 Å². The zero-order chi connectivity index (χ0) is 49.7. The molecule has 7 aromatic carbocycles. The maximum Gasteiger partial charge on any atom is 0.0704 e. The summed E-state index contributed by atoms with van der Waals surface area (Å²) in [5, 5.41) is 0. The Labute approximate surface area is 397 Å². The number of aryl methyl sites for hydroxylation is 6. The van der Waals surface area contributed by atoms with Crippen molar-refractivity contribution in [3.05, 3.63) is 258 Å². The number of nitrogens with zero attached hydrogens (tertiary/aromatic N) is 3. The predicted molar refractivity (Wildman–Crippen MR) is 275 cm³/mol. The molecule has 10 rings (SSSR count). The lowest BCUT2D eigenvalue weighted by atomic mass is 9.86. The van der Waals surface area contributed by atoms with E-state index in [1.165, 1.54) is 27.8 Å². The van der Waals surface area contributed by atoms with Crippen LogP contribution in [0, 0.1) is 13.7 Å². The summed E-state index contributed by atoms with van der Waals surface area (Å²) in [5.74, 6) is 0. The molecule has 0 fully saturated rings. The van der Waals surface area contributed by atoms with Crippen LogP contribution >= 0.6 is 0 Å². The van der Waals surface area contributed by atoms with Crippen LogP contribution in [0.4, 0.5) is 0 Å². The predicted octanol–water partition coefficient (Wildman–Crippen LogP) is 15.7. The van der Waals surface area contributed by atoms with Crippen molar-refractivity contribution in [2.45, 2.75) is 39.4 Å². The van der Waals surface area contributed by atoms with E-state index in [-0.39, 0.29) is 11.1 Å². The average Bonchev–Trinajstić information content (AvgIpc) is 3.42. The summed E-state index contributed by atoms with van der Waals surface area (Å²) in [5.41, 5.74) is 19.5. The van der Waals surface area contributed by atoms with Crippen molar-refractivity contribution in [1.29, 1.82) is 0 Å². The number of rotatable bonds is 13. The average molecular weight is 856 g/mol. The van der Waals surface area contributed by atoms with Crippen LogP contribution in [0.1, 0.15) is 41.6 Å². The van der Waals surface area contributed by atoms with Gasteiger partial charge in [0.25, 0.3) is 0 Å². The van der Waals surface area contributed by atoms with Crippen LogP contribution in [0.2, 0.25) is 0 Å². The molecule has 3 nitrogen and oxygen atoms in total. The molecule has 0 saturated heterocycles. The van der Waals surface area contributed by atoms with Crippen LogP contribution in [0.25, 0.3) is 78.3 Å². The Morgan fingerprint density at radius 1 is 0.288 bits per heavy atom. The van der Waals surface area contributed by atoms with Gasteiger partial charge in [-0.3, -0.25) is 15.0 Å². The van der Waals surface area contributed by atoms with Gasteiger partial charge in [0.15, 0.2) is 0 Å². The first kappa shape index (κ1) is 35.4. The topological polar surface area (TPSA) is 38.7 Å². The fourth-order valence-electron chi connectivity index (χ4n) is 8.80. The SMILES string of the molecule is [2H]C([2H])([2H])c1ccnc(-c2ccc(CCc3cc(CCc4ccc(-c5cc(C([2H])([2H])[2H])ccn5)cc4)cc(-c4ccccc4-c4ccc(-c5ccccn5)cc4-c4ccc(-c5ccccc5)cc4)c3)cc2)c1. The maximum atomic E-state index is 7.87. The highest BCUT2D eigenvalue weighted by molar-refractivity contribution is 5.93. The molecule has 0 aliphatic carbocycles. The molecule has 0 saturated carbocycles. The Balaban J connectivity index is 0.994. The second-order valence-corrected chi connectivity index (χ2v) is 16.8. The first-order valence-corrected chi connectivity index (χ1v) is 22.5. The van der Waals surface area contributed by atoms with Crippen LogP contribution < -0.4 is 0 Å². The monoisotopic (exact) mass is 855 g/mol. The van der Waals surface area contributed by atoms with Gasteiger partial charge >= 0.3 is 0 Å². The normalized spacial score (nSPS) is 12.8. The zero-order valence-electron chi connectivity index (χ0n) is 42.5. The Morgan fingerprint density at radius 2 is 0.773 bits per heavy atom. The molecule has 3 heterocycles. The van der Waals surface area contributed by atoms with Gasteiger partial charge in [-0.05, 0) is 160 Å². The lowest BCUT2D eigenvalue weighted by Crippen LogP contribution is -1.98. The Morgan fingerprint density at radius 3 is 1.36 bits per heavy atom. The van der Waals surface area contributed by atoms with Crippen molar-refractivity contribution in [2.24, 2.45) is 0 Å². The zero-order valence-corrected chi connectivity index (χ0v) is 36.5. The van der Waals surface area contributed by atoms with Gasteiger partial charge in [0.05, 0.1) is 17.1 Å². The lowest BCUT2D eigenvalue weighted by molar-refractivity contribution is 0.931. The molecule has 10 aromatic rings. The van der Waals surface area contributed by atoms with E-state index in [0.717, 1.165) is 87.0 Å². The van der Waals surface area contributed by atoms with Crippen LogP contribution in [0.5, 0.6) is 0 Å². The van der Waals surface area contributed by atoms with E-state index in [0.29, 0.717) is 11.4 Å². The van der Waals surface area contributed by atoms with Gasteiger partial charge in [-0.1, -0.05) is 164 Å². The summed E-state index contributed by atoms with van der Waals surface area (Å²) in [7, 11) is 0. The van der Waals surface area contributed by atoms with Gasteiger partial charge < -0.3 is 0 Å². The van der Waals surface area contributed by atoms with Gasteiger partial charge in [-0.2, -0.15) is 0 Å². The third-order valence-electron chi connectivity index (χ3n) is 12.3. The summed E-state index contributed by atoms with van der Waals surface area (Å²) in [6.07, 6.45) is 8.20. The third-order valence-corrected chi connectivity index (χ3v) is 12.3. The van der Waals surface area contributed by atoms with Gasteiger partial charge in [-0.25, -0.2) is 0 Å². The Bertz CT molecular complexity index is 3340. The number of pyridine rings is 3. The number of aromatic nitrogens is 3. The Kier molecular flexibility index (Phi) is 10.4. The quantitative estimate of drug-likeness (QED) is 0.116. The minimum atomic E-state index is -2.20. The summed E-state index contributed by atoms with van der Waals surface area (Å²) in [6, 6.07) is 70.7. The van der Waals surface area contributed by atoms with Crippen LogP contribution in [0.15, 0.2) is 225 Å². The smallest absolute Gasteiger partial charge is 0.0704 e. The molecule has 3 heteroatoms. The second kappa shape index (κ2) is 19.4. The molecule has 0 aliphatic rings. The van der Waals surface area contributed by atoms with Gasteiger partial charge in [0, 0.05) is 43.5 Å². The van der Waals surface area contributed by atoms with Crippen LogP contribution in [0.3, 0.4) is 0 Å². The van der Waals surface area contributed by atoms with Crippen molar-refractivity contribution >= 4 is 0 Å². The fourth-order valence-corrected chi connectivity index (χ4v) is 8.80. The van der Waals surface area contributed by atoms with Crippen molar-refractivity contribution in [1.82, 2.24) is 15.0 Å². The molecule has 66 heavy (non-hydrogen) atoms. The minimum absolute atomic E-state index is 0.275. The number of hydrogen-bond donors (Lipinski definition) is 0. The second-order valence-electron chi connectivity index (χ2n) is 16.8. The van der Waals surface area contributed by atoms with Gasteiger partial charge in [0.2, 0.25) is 0 Å². The molecule has 0 unspecified atom stereocenters. The number of benzene rings is 7. The first-order valence-electron chi connectivity index (χ1n) is 25.5. The van der Waals surface area contributed by atoms with Crippen molar-refractivity contribution < 1.29 is 8.22 Å². The summed E-state index contributed by atoms with van der Waals surface area (Å²) in [4.78, 5) is 13.7. The van der Waals surface area contributed by atoms with Crippen LogP contribution in [-0.4, -0.2) is 15.0 Å². The third kappa shape index (κ3) is 9.72. The molecule has 0 aliphatic heterocycles. The molecule has 0 amide bonds. The first-order chi connectivity index (χ1) is 34.9. The summed E-state index contributed by atoms with van der Waals surface area (Å²) in [6.45, 7) is -4.40. The molecule has 0 spiro atoms. The molecule has 0 N–H and O–H groups in total. The highest BCUT2D eigenvalue weighted by atomic mass is 14.7. The van der Waals surface area contributed by atoms with Crippen molar-refractivity contribution in [3.8, 4) is 78.3 Å². The highest BCUT2D eigenvalue weighted by Crippen LogP contribution is 2.41. The largest absolute Gasteiger partial charge is 0.256 e. The Hall–Kier alpha value is -8.01. The molecule has 0 bridgehead atoms. The van der Waals surface area contributed by atoms with Crippen LogP contribution in [-0.2, 0) is 25.7 Å².